The number of hydrogen-bond donors (Lipinski definition) is 2. The zero-order valence-electron chi connectivity index (χ0n) is 18.8. The Morgan fingerprint density at radius 3 is 2.52 bits per heavy atom. The molecule has 3 saturated heterocycles. The number of ether oxygens (including phenoxy) is 1. The number of hydrogen-bond acceptors (Lipinski definition) is 6. The fourth-order valence-corrected chi connectivity index (χ4v) is 4.16. The third-order valence-corrected chi connectivity index (χ3v) is 6.32. The lowest BCUT2D eigenvalue weighted by atomic mass is 10.1. The summed E-state index contributed by atoms with van der Waals surface area (Å²) < 4.78 is 7.23. The van der Waals surface area contributed by atoms with Crippen LogP contribution in [-0.2, 0) is 20.0 Å². The van der Waals surface area contributed by atoms with Gasteiger partial charge in [-0.25, -0.2) is 4.99 Å². The first kappa shape index (κ1) is 21.6. The Hall–Kier alpha value is -2.65. The number of methoxy groups -OCH3 is 1. The molecule has 0 saturated carbocycles. The van der Waals surface area contributed by atoms with Crippen molar-refractivity contribution in [2.24, 2.45) is 12.0 Å². The number of rotatable bonds is 8. The molecule has 1 unspecified atom stereocenters. The lowest BCUT2D eigenvalue weighted by Gasteiger charge is -2.47. The van der Waals surface area contributed by atoms with Crippen LogP contribution in [0.1, 0.15) is 17.2 Å². The van der Waals surface area contributed by atoms with E-state index in [4.69, 9.17) is 9.73 Å². The monoisotopic (exact) mass is 426 g/mol. The van der Waals surface area contributed by atoms with Crippen molar-refractivity contribution < 1.29 is 4.74 Å². The zero-order valence-corrected chi connectivity index (χ0v) is 18.8. The Bertz CT molecular complexity index is 870. The van der Waals surface area contributed by atoms with E-state index in [-0.39, 0.29) is 0 Å². The van der Waals surface area contributed by atoms with Gasteiger partial charge in [-0.1, -0.05) is 12.1 Å². The normalized spacial score (nSPS) is 23.1. The molecule has 4 heterocycles. The molecule has 1 aromatic heterocycles. The number of guanidine groups is 1. The van der Waals surface area contributed by atoms with Gasteiger partial charge in [0.15, 0.2) is 11.8 Å². The van der Waals surface area contributed by atoms with E-state index in [1.165, 1.54) is 31.7 Å². The Morgan fingerprint density at radius 1 is 1.13 bits per heavy atom. The van der Waals surface area contributed by atoms with Crippen molar-refractivity contribution in [1.82, 2.24) is 35.2 Å². The molecule has 2 bridgehead atoms. The van der Waals surface area contributed by atoms with E-state index in [0.717, 1.165) is 49.4 Å². The van der Waals surface area contributed by atoms with E-state index in [0.29, 0.717) is 12.6 Å². The molecule has 3 fully saturated rings. The number of piperazine rings is 3. The second-order valence-electron chi connectivity index (χ2n) is 8.28. The van der Waals surface area contributed by atoms with Crippen molar-refractivity contribution in [3.63, 3.8) is 0 Å². The maximum atomic E-state index is 5.24. The summed E-state index contributed by atoms with van der Waals surface area (Å²) in [5, 5.41) is 15.4. The summed E-state index contributed by atoms with van der Waals surface area (Å²) in [4.78, 5) is 9.94. The van der Waals surface area contributed by atoms with Gasteiger partial charge in [-0.15, -0.1) is 10.2 Å². The largest absolute Gasteiger partial charge is 0.497 e. The minimum Gasteiger partial charge on any atom is -0.497 e. The molecule has 0 spiro atoms. The Balaban J connectivity index is 1.35. The van der Waals surface area contributed by atoms with E-state index in [1.807, 2.05) is 30.7 Å². The van der Waals surface area contributed by atoms with E-state index in [2.05, 4.69) is 42.8 Å². The summed E-state index contributed by atoms with van der Waals surface area (Å²) >= 11 is 0. The molecular formula is C22H34N8O. The van der Waals surface area contributed by atoms with Crippen LogP contribution in [0.2, 0.25) is 0 Å². The summed E-state index contributed by atoms with van der Waals surface area (Å²) in [6.45, 7) is 10.0. The van der Waals surface area contributed by atoms with Crippen LogP contribution in [0.3, 0.4) is 0 Å². The Morgan fingerprint density at radius 2 is 1.90 bits per heavy atom. The van der Waals surface area contributed by atoms with Crippen molar-refractivity contribution in [1.29, 1.82) is 0 Å². The maximum absolute atomic E-state index is 5.24. The highest BCUT2D eigenvalue weighted by Gasteiger charge is 2.31. The molecule has 3 aliphatic rings. The highest BCUT2D eigenvalue weighted by atomic mass is 16.5. The van der Waals surface area contributed by atoms with Gasteiger partial charge in [0.1, 0.15) is 18.1 Å². The molecule has 0 amide bonds. The average molecular weight is 427 g/mol. The predicted octanol–water partition coefficient (Wildman–Crippen LogP) is 0.410. The molecule has 9 heteroatoms. The summed E-state index contributed by atoms with van der Waals surface area (Å²) in [6.07, 6.45) is 0.914. The van der Waals surface area contributed by atoms with Crippen LogP contribution in [0.5, 0.6) is 5.75 Å². The van der Waals surface area contributed by atoms with Crippen LogP contribution in [0.25, 0.3) is 0 Å². The summed E-state index contributed by atoms with van der Waals surface area (Å²) in [5.74, 6) is 3.46. The minimum absolute atomic E-state index is 0.496. The van der Waals surface area contributed by atoms with Gasteiger partial charge in [0.05, 0.1) is 7.11 Å². The van der Waals surface area contributed by atoms with Gasteiger partial charge in [0.2, 0.25) is 0 Å². The van der Waals surface area contributed by atoms with Crippen LogP contribution in [0.15, 0.2) is 29.3 Å². The van der Waals surface area contributed by atoms with Gasteiger partial charge >= 0.3 is 0 Å². The molecule has 9 nitrogen and oxygen atoms in total. The van der Waals surface area contributed by atoms with E-state index >= 15 is 0 Å². The van der Waals surface area contributed by atoms with Gasteiger partial charge in [-0.05, 0) is 31.0 Å². The SMILES string of the molecule is COc1ccc(CCNC(=NCc2nnc(C)n2C)NCC2CN3CCN2CC3)cc1. The zero-order chi connectivity index (χ0) is 21.6. The fraction of sp³-hybridized carbons (Fsp3) is 0.591. The van der Waals surface area contributed by atoms with Gasteiger partial charge in [-0.3, -0.25) is 9.80 Å². The summed E-state index contributed by atoms with van der Waals surface area (Å²) in [7, 11) is 3.67. The lowest BCUT2D eigenvalue weighted by Crippen LogP contribution is -2.63. The maximum Gasteiger partial charge on any atom is 0.191 e. The standard InChI is InChI=1S/C22H34N8O/c1-17-26-27-21(28(17)2)15-25-22(23-9-8-18-4-6-20(31-3)7-5-18)24-14-19-16-29-10-12-30(19)13-11-29/h4-7,19H,8-16H2,1-3H3,(H2,23,24,25). The molecule has 168 valence electrons. The smallest absolute Gasteiger partial charge is 0.191 e. The molecular weight excluding hydrogens is 392 g/mol. The van der Waals surface area contributed by atoms with Crippen molar-refractivity contribution >= 4 is 5.96 Å². The predicted molar refractivity (Wildman–Crippen MR) is 121 cm³/mol. The van der Waals surface area contributed by atoms with Crippen molar-refractivity contribution in [3.05, 3.63) is 41.5 Å². The number of nitrogens with one attached hydrogen (secondary N) is 2. The Kier molecular flexibility index (Phi) is 7.03. The molecule has 1 aromatic carbocycles. The Labute approximate surface area is 184 Å². The molecule has 0 aliphatic carbocycles. The van der Waals surface area contributed by atoms with Crippen LogP contribution in [0.4, 0.5) is 0 Å². The summed E-state index contributed by atoms with van der Waals surface area (Å²) in [6, 6.07) is 8.75. The first-order chi connectivity index (χ1) is 15.1. The number of aliphatic imine (C=N–C) groups is 1. The molecule has 5 rings (SSSR count). The average Bonchev–Trinajstić information content (AvgIpc) is 3.14. The number of aryl methyl sites for hydroxylation is 1. The van der Waals surface area contributed by atoms with Crippen LogP contribution < -0.4 is 15.4 Å². The van der Waals surface area contributed by atoms with E-state index in [9.17, 15) is 0 Å². The molecule has 3 aliphatic heterocycles. The second-order valence-corrected chi connectivity index (χ2v) is 8.28. The number of aromatic nitrogens is 3. The first-order valence-corrected chi connectivity index (χ1v) is 11.1. The van der Waals surface area contributed by atoms with Crippen LogP contribution >= 0.6 is 0 Å². The fourth-order valence-electron chi connectivity index (χ4n) is 4.16. The quantitative estimate of drug-likeness (QED) is 0.467. The number of fused-ring (bicyclic) bond motifs is 3. The van der Waals surface area contributed by atoms with Crippen LogP contribution in [-0.4, -0.2) is 89.5 Å². The number of benzene rings is 1. The van der Waals surface area contributed by atoms with Crippen LogP contribution in [0, 0.1) is 6.92 Å². The van der Waals surface area contributed by atoms with Gasteiger partial charge in [0.25, 0.3) is 0 Å². The molecule has 2 aromatic rings. The summed E-state index contributed by atoms with van der Waals surface area (Å²) in [5.41, 5.74) is 1.26. The van der Waals surface area contributed by atoms with Gasteiger partial charge in [-0.2, -0.15) is 0 Å². The molecule has 1 atom stereocenters. The van der Waals surface area contributed by atoms with Gasteiger partial charge in [0, 0.05) is 58.9 Å². The topological polar surface area (TPSA) is 82.8 Å². The third kappa shape index (κ3) is 5.54. The van der Waals surface area contributed by atoms with E-state index in [1.54, 1.807) is 7.11 Å². The van der Waals surface area contributed by atoms with Gasteiger partial charge < -0.3 is 19.9 Å². The van der Waals surface area contributed by atoms with E-state index < -0.39 is 0 Å². The first-order valence-electron chi connectivity index (χ1n) is 11.1. The van der Waals surface area contributed by atoms with Crippen molar-refractivity contribution in [2.45, 2.75) is 25.9 Å². The molecule has 0 radical (unpaired) electrons. The second kappa shape index (κ2) is 10.1. The van der Waals surface area contributed by atoms with Crippen molar-refractivity contribution in [2.75, 3.05) is 52.9 Å². The molecule has 31 heavy (non-hydrogen) atoms. The number of nitrogens with zero attached hydrogens (tertiary/aromatic N) is 6. The third-order valence-electron chi connectivity index (χ3n) is 6.32. The highest BCUT2D eigenvalue weighted by molar-refractivity contribution is 5.79. The highest BCUT2D eigenvalue weighted by Crippen LogP contribution is 2.15. The molecule has 2 N–H and O–H groups in total. The van der Waals surface area contributed by atoms with Crippen molar-refractivity contribution in [3.8, 4) is 5.75 Å². The lowest BCUT2D eigenvalue weighted by molar-refractivity contribution is 0.0154. The minimum atomic E-state index is 0.496.